The van der Waals surface area contributed by atoms with Crippen molar-refractivity contribution in [3.05, 3.63) is 23.2 Å². The molecule has 1 aromatic rings. The van der Waals surface area contributed by atoms with E-state index in [0.717, 1.165) is 6.42 Å². The molecule has 0 fully saturated rings. The van der Waals surface area contributed by atoms with Gasteiger partial charge in [-0.25, -0.2) is 4.79 Å². The normalized spacial score (nSPS) is 12.1. The number of hydrogen-bond donors (Lipinski definition) is 2. The minimum Gasteiger partial charge on any atom is -0.492 e. The van der Waals surface area contributed by atoms with Crippen LogP contribution in [0.2, 0.25) is 5.02 Å². The van der Waals surface area contributed by atoms with Gasteiger partial charge in [0.25, 0.3) is 0 Å². The van der Waals surface area contributed by atoms with Gasteiger partial charge in [-0.15, -0.1) is 0 Å². The summed E-state index contributed by atoms with van der Waals surface area (Å²) in [6.45, 7) is 8.74. The molecule has 2 N–H and O–H groups in total. The molecule has 0 aliphatic carbocycles. The van der Waals surface area contributed by atoms with Crippen LogP contribution in [0.3, 0.4) is 0 Å². The molecule has 1 rings (SSSR count). The van der Waals surface area contributed by atoms with Gasteiger partial charge in [-0.05, 0) is 37.5 Å². The number of hydrogen-bond acceptors (Lipinski definition) is 2. The number of urea groups is 1. The highest BCUT2D eigenvalue weighted by Gasteiger charge is 2.11. The van der Waals surface area contributed by atoms with Crippen molar-refractivity contribution in [2.75, 3.05) is 11.9 Å². The predicted octanol–water partition coefficient (Wildman–Crippen LogP) is 4.29. The Balaban J connectivity index is 2.60. The summed E-state index contributed by atoms with van der Waals surface area (Å²) in [6, 6.07) is 5.10. The Labute approximate surface area is 125 Å². The van der Waals surface area contributed by atoms with Crippen LogP contribution < -0.4 is 15.4 Å². The van der Waals surface area contributed by atoms with E-state index >= 15 is 0 Å². The first-order chi connectivity index (χ1) is 9.43. The summed E-state index contributed by atoms with van der Waals surface area (Å²) in [5.41, 5.74) is 0.646. The third kappa shape index (κ3) is 5.29. The lowest BCUT2D eigenvalue weighted by molar-refractivity contribution is 0.246. The Morgan fingerprint density at radius 2 is 2.05 bits per heavy atom. The van der Waals surface area contributed by atoms with E-state index in [2.05, 4.69) is 24.5 Å². The monoisotopic (exact) mass is 298 g/mol. The molecule has 112 valence electrons. The van der Waals surface area contributed by atoms with Crippen molar-refractivity contribution in [3.63, 3.8) is 0 Å². The number of ether oxygens (including phenoxy) is 1. The fourth-order valence-electron chi connectivity index (χ4n) is 1.45. The zero-order valence-corrected chi connectivity index (χ0v) is 13.3. The highest BCUT2D eigenvalue weighted by Crippen LogP contribution is 2.27. The summed E-state index contributed by atoms with van der Waals surface area (Å²) in [5.74, 6) is 1.02. The quantitative estimate of drug-likeness (QED) is 0.823. The SMILES string of the molecule is CCCOc1ccc(NC(=O)NC(C)C(C)C)cc1Cl. The Morgan fingerprint density at radius 3 is 2.60 bits per heavy atom. The minimum atomic E-state index is -0.232. The van der Waals surface area contributed by atoms with E-state index in [1.807, 2.05) is 13.8 Å². The molecule has 5 heteroatoms. The molecule has 0 saturated carbocycles. The van der Waals surface area contributed by atoms with Crippen LogP contribution in [0.1, 0.15) is 34.1 Å². The first-order valence-electron chi connectivity index (χ1n) is 6.94. The molecule has 1 aromatic carbocycles. The van der Waals surface area contributed by atoms with Gasteiger partial charge in [-0.3, -0.25) is 0 Å². The van der Waals surface area contributed by atoms with E-state index in [0.29, 0.717) is 29.0 Å². The fourth-order valence-corrected chi connectivity index (χ4v) is 1.68. The Bertz CT molecular complexity index is 449. The topological polar surface area (TPSA) is 50.4 Å². The summed E-state index contributed by atoms with van der Waals surface area (Å²) < 4.78 is 5.48. The van der Waals surface area contributed by atoms with Crippen molar-refractivity contribution in [2.24, 2.45) is 5.92 Å². The Morgan fingerprint density at radius 1 is 1.35 bits per heavy atom. The van der Waals surface area contributed by atoms with Crippen molar-refractivity contribution in [1.82, 2.24) is 5.32 Å². The van der Waals surface area contributed by atoms with Gasteiger partial charge in [0.15, 0.2) is 0 Å². The second kappa shape index (κ2) is 8.00. The molecule has 2 amide bonds. The molecule has 1 unspecified atom stereocenters. The van der Waals surface area contributed by atoms with E-state index in [1.165, 1.54) is 0 Å². The molecule has 4 nitrogen and oxygen atoms in total. The number of rotatable bonds is 6. The molecule has 0 aliphatic rings. The lowest BCUT2D eigenvalue weighted by Gasteiger charge is -2.18. The van der Waals surface area contributed by atoms with E-state index in [-0.39, 0.29) is 12.1 Å². The van der Waals surface area contributed by atoms with Crippen LogP contribution in [0.15, 0.2) is 18.2 Å². The number of carbonyl (C=O) groups excluding carboxylic acids is 1. The summed E-state index contributed by atoms with van der Waals surface area (Å²) in [4.78, 5) is 11.8. The molecule has 0 bridgehead atoms. The summed E-state index contributed by atoms with van der Waals surface area (Å²) >= 11 is 6.11. The van der Waals surface area contributed by atoms with Crippen molar-refractivity contribution in [3.8, 4) is 5.75 Å². The van der Waals surface area contributed by atoms with Crippen LogP contribution in [0, 0.1) is 5.92 Å². The maximum atomic E-state index is 11.8. The third-order valence-corrected chi connectivity index (χ3v) is 3.31. The molecule has 20 heavy (non-hydrogen) atoms. The number of anilines is 1. The summed E-state index contributed by atoms with van der Waals surface area (Å²) in [7, 11) is 0. The van der Waals surface area contributed by atoms with E-state index in [4.69, 9.17) is 16.3 Å². The third-order valence-electron chi connectivity index (χ3n) is 3.01. The first kappa shape index (κ1) is 16.6. The lowest BCUT2D eigenvalue weighted by atomic mass is 10.1. The first-order valence-corrected chi connectivity index (χ1v) is 7.31. The van der Waals surface area contributed by atoms with Crippen molar-refractivity contribution in [2.45, 2.75) is 40.2 Å². The zero-order valence-electron chi connectivity index (χ0n) is 12.5. The van der Waals surface area contributed by atoms with Crippen molar-refractivity contribution in [1.29, 1.82) is 0 Å². The molecule has 0 aliphatic heterocycles. The van der Waals surface area contributed by atoms with Gasteiger partial charge in [-0.1, -0.05) is 32.4 Å². The number of nitrogens with one attached hydrogen (secondary N) is 2. The molecular weight excluding hydrogens is 276 g/mol. The highest BCUT2D eigenvalue weighted by molar-refractivity contribution is 6.32. The molecule has 1 atom stereocenters. The lowest BCUT2D eigenvalue weighted by Crippen LogP contribution is -2.38. The van der Waals surface area contributed by atoms with Gasteiger partial charge in [0.05, 0.1) is 11.6 Å². The Hall–Kier alpha value is -1.42. The number of benzene rings is 1. The zero-order chi connectivity index (χ0) is 15.1. The minimum absolute atomic E-state index is 0.109. The second-order valence-corrected chi connectivity index (χ2v) is 5.53. The van der Waals surface area contributed by atoms with E-state index in [1.54, 1.807) is 18.2 Å². The van der Waals surface area contributed by atoms with Crippen LogP contribution in [0.25, 0.3) is 0 Å². The maximum absolute atomic E-state index is 11.8. The Kier molecular flexibility index (Phi) is 6.65. The van der Waals surface area contributed by atoms with Crippen molar-refractivity contribution < 1.29 is 9.53 Å². The fraction of sp³-hybridized carbons (Fsp3) is 0.533. The standard InChI is InChI=1S/C15H23ClN2O2/c1-5-8-20-14-7-6-12(9-13(14)16)18-15(19)17-11(4)10(2)3/h6-7,9-11H,5,8H2,1-4H3,(H2,17,18,19). The number of carbonyl (C=O) groups is 1. The van der Waals surface area contributed by atoms with Crippen LogP contribution in [-0.2, 0) is 0 Å². The highest BCUT2D eigenvalue weighted by atomic mass is 35.5. The van der Waals surface area contributed by atoms with Crippen LogP contribution in [0.4, 0.5) is 10.5 Å². The largest absolute Gasteiger partial charge is 0.492 e. The van der Waals surface area contributed by atoms with Crippen LogP contribution >= 0.6 is 11.6 Å². The molecule has 0 saturated heterocycles. The van der Waals surface area contributed by atoms with Crippen LogP contribution in [-0.4, -0.2) is 18.7 Å². The van der Waals surface area contributed by atoms with Gasteiger partial charge in [0.2, 0.25) is 0 Å². The second-order valence-electron chi connectivity index (χ2n) is 5.12. The average Bonchev–Trinajstić information content (AvgIpc) is 2.37. The number of halogens is 1. The van der Waals surface area contributed by atoms with Gasteiger partial charge >= 0.3 is 6.03 Å². The summed E-state index contributed by atoms with van der Waals surface area (Å²) in [6.07, 6.45) is 0.922. The molecule has 0 aromatic heterocycles. The molecule has 0 radical (unpaired) electrons. The smallest absolute Gasteiger partial charge is 0.319 e. The van der Waals surface area contributed by atoms with Gasteiger partial charge < -0.3 is 15.4 Å². The van der Waals surface area contributed by atoms with Gasteiger partial charge in [0, 0.05) is 11.7 Å². The van der Waals surface area contributed by atoms with Gasteiger partial charge in [-0.2, -0.15) is 0 Å². The molecule has 0 spiro atoms. The molecule has 0 heterocycles. The summed E-state index contributed by atoms with van der Waals surface area (Å²) in [5, 5.41) is 6.13. The van der Waals surface area contributed by atoms with E-state index < -0.39 is 0 Å². The van der Waals surface area contributed by atoms with Gasteiger partial charge in [0.1, 0.15) is 5.75 Å². The van der Waals surface area contributed by atoms with Crippen molar-refractivity contribution >= 4 is 23.3 Å². The maximum Gasteiger partial charge on any atom is 0.319 e. The van der Waals surface area contributed by atoms with Crippen LogP contribution in [0.5, 0.6) is 5.75 Å². The number of amides is 2. The van der Waals surface area contributed by atoms with E-state index in [9.17, 15) is 4.79 Å². The average molecular weight is 299 g/mol. The molecular formula is C15H23ClN2O2. The predicted molar refractivity (Wildman–Crippen MR) is 83.7 cm³/mol.